The smallest absolute Gasteiger partial charge is 0.872 e. The molecule has 0 fully saturated rings. The molecule has 0 saturated heterocycles. The summed E-state index contributed by atoms with van der Waals surface area (Å²) in [7, 11) is 0. The van der Waals surface area contributed by atoms with Gasteiger partial charge in [-0.05, 0) is 18.6 Å². The summed E-state index contributed by atoms with van der Waals surface area (Å²) in [5, 5.41) is 17.9. The molecule has 0 unspecified atom stereocenters. The molecule has 0 aliphatic rings. The van der Waals surface area contributed by atoms with Crippen molar-refractivity contribution in [3.8, 4) is 5.75 Å². The third kappa shape index (κ3) is 3.10. The van der Waals surface area contributed by atoms with Crippen LogP contribution in [0.1, 0.15) is 11.1 Å². The molecule has 2 nitrogen and oxygen atoms in total. The third-order valence-corrected chi connectivity index (χ3v) is 1.70. The van der Waals surface area contributed by atoms with Gasteiger partial charge in [0.05, 0.1) is 0 Å². The van der Waals surface area contributed by atoms with Crippen LogP contribution in [0.25, 0.3) is 6.08 Å². The molecule has 0 atom stereocenters. The molecule has 0 spiro atoms. The van der Waals surface area contributed by atoms with Crippen LogP contribution in [0.2, 0.25) is 0 Å². The minimum Gasteiger partial charge on any atom is -0.872 e. The first-order valence-corrected chi connectivity index (χ1v) is 3.69. The van der Waals surface area contributed by atoms with E-state index in [2.05, 4.69) is 0 Å². The van der Waals surface area contributed by atoms with E-state index in [1.807, 2.05) is 6.07 Å². The average Bonchev–Trinajstić information content (AvgIpc) is 2.08. The van der Waals surface area contributed by atoms with Gasteiger partial charge in [0, 0.05) is 6.21 Å². The summed E-state index contributed by atoms with van der Waals surface area (Å²) < 4.78 is 0. The molecular formula is C10H10LiNO. The molecule has 0 heterocycles. The van der Waals surface area contributed by atoms with E-state index in [0.29, 0.717) is 0 Å². The van der Waals surface area contributed by atoms with Gasteiger partial charge < -0.3 is 10.5 Å². The van der Waals surface area contributed by atoms with E-state index in [0.717, 1.165) is 11.1 Å². The summed E-state index contributed by atoms with van der Waals surface area (Å²) in [6.45, 7) is 1.78. The molecule has 62 valence electrons. The Bertz CT molecular complexity index is 321. The first kappa shape index (κ1) is 12.0. The summed E-state index contributed by atoms with van der Waals surface area (Å²) in [5.41, 5.74) is 1.61. The molecule has 0 amide bonds. The van der Waals surface area contributed by atoms with Gasteiger partial charge in [-0.25, -0.2) is 0 Å². The summed E-state index contributed by atoms with van der Waals surface area (Å²) >= 11 is 0. The van der Waals surface area contributed by atoms with Gasteiger partial charge in [-0.1, -0.05) is 29.8 Å². The molecule has 0 aliphatic carbocycles. The minimum absolute atomic E-state index is 0. The molecular weight excluding hydrogens is 157 g/mol. The Balaban J connectivity index is 0.00000144. The quantitative estimate of drug-likeness (QED) is 0.433. The largest absolute Gasteiger partial charge is 1.00 e. The Kier molecular flexibility index (Phi) is 5.21. The Hall–Kier alpha value is -0.973. The molecule has 0 saturated carbocycles. The van der Waals surface area contributed by atoms with Gasteiger partial charge in [-0.3, -0.25) is 0 Å². The van der Waals surface area contributed by atoms with Crippen LogP contribution in [0.5, 0.6) is 5.75 Å². The Morgan fingerprint density at radius 2 is 2.08 bits per heavy atom. The maximum atomic E-state index is 11.1. The van der Waals surface area contributed by atoms with Crippen LogP contribution in [-0.4, -0.2) is 6.21 Å². The molecule has 1 aromatic rings. The van der Waals surface area contributed by atoms with Crippen LogP contribution in [0.15, 0.2) is 24.3 Å². The summed E-state index contributed by atoms with van der Waals surface area (Å²) in [6.07, 6.45) is 4.54. The Morgan fingerprint density at radius 3 is 2.69 bits per heavy atom. The zero-order valence-electron chi connectivity index (χ0n) is 7.87. The van der Waals surface area contributed by atoms with Crippen molar-refractivity contribution in [2.45, 2.75) is 6.92 Å². The van der Waals surface area contributed by atoms with Crippen LogP contribution in [0, 0.1) is 12.3 Å². The van der Waals surface area contributed by atoms with Gasteiger partial charge in [-0.15, -0.1) is 5.75 Å². The van der Waals surface area contributed by atoms with Crippen molar-refractivity contribution in [2.75, 3.05) is 0 Å². The van der Waals surface area contributed by atoms with Gasteiger partial charge in [0.25, 0.3) is 0 Å². The third-order valence-electron chi connectivity index (χ3n) is 1.70. The summed E-state index contributed by atoms with van der Waals surface area (Å²) in [6, 6.07) is 5.12. The molecule has 1 aromatic carbocycles. The van der Waals surface area contributed by atoms with Crippen molar-refractivity contribution < 1.29 is 24.0 Å². The predicted molar refractivity (Wildman–Crippen MR) is 48.4 cm³/mol. The van der Waals surface area contributed by atoms with Crippen molar-refractivity contribution >= 4 is 12.3 Å². The van der Waals surface area contributed by atoms with Crippen molar-refractivity contribution in [1.82, 2.24) is 0 Å². The van der Waals surface area contributed by atoms with Crippen molar-refractivity contribution in [3.05, 3.63) is 35.4 Å². The van der Waals surface area contributed by atoms with E-state index < -0.39 is 0 Å². The van der Waals surface area contributed by atoms with Crippen LogP contribution >= 0.6 is 0 Å². The fourth-order valence-electron chi connectivity index (χ4n) is 0.964. The van der Waals surface area contributed by atoms with Crippen LogP contribution in [0.4, 0.5) is 0 Å². The van der Waals surface area contributed by atoms with Gasteiger partial charge in [0.1, 0.15) is 0 Å². The Labute approximate surface area is 90.0 Å². The van der Waals surface area contributed by atoms with E-state index in [-0.39, 0.29) is 24.6 Å². The van der Waals surface area contributed by atoms with E-state index in [1.54, 1.807) is 25.1 Å². The van der Waals surface area contributed by atoms with Gasteiger partial charge in [-0.2, -0.15) is 0 Å². The fourth-order valence-corrected chi connectivity index (χ4v) is 0.964. The van der Waals surface area contributed by atoms with E-state index in [4.69, 9.17) is 5.41 Å². The second kappa shape index (κ2) is 5.64. The van der Waals surface area contributed by atoms with Gasteiger partial charge in [0.15, 0.2) is 0 Å². The van der Waals surface area contributed by atoms with Crippen molar-refractivity contribution in [1.29, 1.82) is 5.41 Å². The van der Waals surface area contributed by atoms with Gasteiger partial charge in [0.2, 0.25) is 0 Å². The number of hydrogen-bond acceptors (Lipinski definition) is 2. The molecule has 13 heavy (non-hydrogen) atoms. The molecule has 0 radical (unpaired) electrons. The molecule has 0 aliphatic heterocycles. The standard InChI is InChI=1S/C10H11NO.Li/c1-8-9(5-3-7-11)4-2-6-10(8)12;/h2-7,11-12H,1H3;/q;+1/p-1/b5-3-,11-7?;. The number of allylic oxidation sites excluding steroid dienone is 1. The average molecular weight is 167 g/mol. The summed E-state index contributed by atoms with van der Waals surface area (Å²) in [4.78, 5) is 0. The zero-order chi connectivity index (χ0) is 8.97. The molecule has 3 heteroatoms. The predicted octanol–water partition coefficient (Wildman–Crippen LogP) is -1.26. The van der Waals surface area contributed by atoms with Gasteiger partial charge >= 0.3 is 18.9 Å². The first-order chi connectivity index (χ1) is 5.75. The fraction of sp³-hybridized carbons (Fsp3) is 0.100. The van der Waals surface area contributed by atoms with Crippen LogP contribution in [0.3, 0.4) is 0 Å². The second-order valence-electron chi connectivity index (χ2n) is 2.50. The first-order valence-electron chi connectivity index (χ1n) is 3.69. The van der Waals surface area contributed by atoms with Crippen molar-refractivity contribution in [2.24, 2.45) is 0 Å². The number of rotatable bonds is 2. The zero-order valence-corrected chi connectivity index (χ0v) is 7.87. The number of hydrogen-bond donors (Lipinski definition) is 1. The SMILES string of the molecule is Cc1c([O-])cccc1/C=C\C=N.[Li+]. The normalized spacial score (nSPS) is 9.62. The van der Waals surface area contributed by atoms with E-state index in [1.165, 1.54) is 12.3 Å². The van der Waals surface area contributed by atoms with E-state index in [9.17, 15) is 5.11 Å². The summed E-state index contributed by atoms with van der Waals surface area (Å²) in [5.74, 6) is 0.0436. The molecule has 1 N–H and O–H groups in total. The topological polar surface area (TPSA) is 46.9 Å². The molecule has 1 rings (SSSR count). The van der Waals surface area contributed by atoms with Crippen LogP contribution < -0.4 is 24.0 Å². The monoisotopic (exact) mass is 167 g/mol. The maximum absolute atomic E-state index is 11.1. The number of nitrogens with one attached hydrogen (secondary N) is 1. The van der Waals surface area contributed by atoms with E-state index >= 15 is 0 Å². The molecule has 0 bridgehead atoms. The Morgan fingerprint density at radius 1 is 1.38 bits per heavy atom. The van der Waals surface area contributed by atoms with Crippen molar-refractivity contribution in [3.63, 3.8) is 0 Å². The van der Waals surface area contributed by atoms with Crippen LogP contribution in [-0.2, 0) is 0 Å². The number of benzene rings is 1. The minimum atomic E-state index is 0. The maximum Gasteiger partial charge on any atom is 1.00 e. The molecule has 0 aromatic heterocycles. The second-order valence-corrected chi connectivity index (χ2v) is 2.50.